The summed E-state index contributed by atoms with van der Waals surface area (Å²) in [6.45, 7) is 0. The Morgan fingerprint density at radius 1 is 0.533 bits per heavy atom. The summed E-state index contributed by atoms with van der Waals surface area (Å²) in [6.07, 6.45) is 0. The molecule has 0 aliphatic heterocycles. The van der Waals surface area contributed by atoms with E-state index in [9.17, 15) is 0 Å². The normalized spacial score (nSPS) is 12.0. The van der Waals surface area contributed by atoms with Crippen molar-refractivity contribution in [2.24, 2.45) is 0 Å². The summed E-state index contributed by atoms with van der Waals surface area (Å²) < 4.78 is 2.69. The van der Waals surface area contributed by atoms with Gasteiger partial charge in [-0.2, -0.15) is 0 Å². The zero-order chi connectivity index (χ0) is 19.7. The Balaban J connectivity index is 1.66. The third kappa shape index (κ3) is 2.17. The van der Waals surface area contributed by atoms with Gasteiger partial charge in [0.05, 0.1) is 0 Å². The molecule has 0 saturated heterocycles. The number of aromatic nitrogens is 1. The highest BCUT2D eigenvalue weighted by Crippen LogP contribution is 2.44. The summed E-state index contributed by atoms with van der Waals surface area (Å²) in [7, 11) is 0. The number of hydrogen-bond acceptors (Lipinski definition) is 1. The molecule has 7 rings (SSSR count). The third-order valence-electron chi connectivity index (χ3n) is 6.18. The van der Waals surface area contributed by atoms with E-state index >= 15 is 0 Å². The smallest absolute Gasteiger partial charge is 0.0471 e. The lowest BCUT2D eigenvalue weighted by Gasteiger charge is -2.10. The monoisotopic (exact) mass is 399 g/mol. The molecule has 7 aromatic rings. The number of H-pyrrole nitrogens is 1. The molecule has 1 N–H and O–H groups in total. The summed E-state index contributed by atoms with van der Waals surface area (Å²) in [5.74, 6) is 0. The van der Waals surface area contributed by atoms with Crippen molar-refractivity contribution in [1.82, 2.24) is 4.98 Å². The number of aromatic amines is 1. The standard InChI is InChI=1S/C28H17NS/c1-2-8-19-17(7-1)16-26-28(22-10-4-6-12-25(22)30-26)27(19)18-13-14-21-20-9-3-5-11-23(20)29-24(21)15-18/h1-16,29H. The molecule has 0 unspecified atom stereocenters. The largest absolute Gasteiger partial charge is 0.354 e. The second kappa shape index (κ2) is 5.94. The first-order valence-corrected chi connectivity index (χ1v) is 11.0. The van der Waals surface area contributed by atoms with Crippen LogP contribution in [0.3, 0.4) is 0 Å². The van der Waals surface area contributed by atoms with E-state index in [4.69, 9.17) is 0 Å². The minimum absolute atomic E-state index is 1.19. The highest BCUT2D eigenvalue weighted by Gasteiger charge is 2.16. The van der Waals surface area contributed by atoms with Crippen LogP contribution in [0.4, 0.5) is 0 Å². The molecule has 5 aromatic carbocycles. The van der Waals surface area contributed by atoms with E-state index in [1.165, 1.54) is 63.9 Å². The van der Waals surface area contributed by atoms with Crippen LogP contribution < -0.4 is 0 Å². The van der Waals surface area contributed by atoms with E-state index in [2.05, 4.69) is 102 Å². The SMILES string of the molecule is c1ccc2c(-c3ccc4c(c3)[nH]c3ccccc34)c3c(cc2c1)sc1ccccc13. The highest BCUT2D eigenvalue weighted by molar-refractivity contribution is 7.26. The van der Waals surface area contributed by atoms with E-state index in [1.54, 1.807) is 0 Å². The Kier molecular flexibility index (Phi) is 3.21. The fraction of sp³-hybridized carbons (Fsp3) is 0. The first-order valence-electron chi connectivity index (χ1n) is 10.2. The second-order valence-corrected chi connectivity index (χ2v) is 8.96. The van der Waals surface area contributed by atoms with Crippen molar-refractivity contribution in [1.29, 1.82) is 0 Å². The third-order valence-corrected chi connectivity index (χ3v) is 7.30. The van der Waals surface area contributed by atoms with Gasteiger partial charge in [0, 0.05) is 42.0 Å². The van der Waals surface area contributed by atoms with Crippen LogP contribution in [0, 0.1) is 0 Å². The minimum atomic E-state index is 1.19. The summed E-state index contributed by atoms with van der Waals surface area (Å²) in [5, 5.41) is 7.87. The zero-order valence-electron chi connectivity index (χ0n) is 16.1. The van der Waals surface area contributed by atoms with Gasteiger partial charge >= 0.3 is 0 Å². The van der Waals surface area contributed by atoms with Gasteiger partial charge in [-0.3, -0.25) is 0 Å². The molecule has 0 atom stereocenters. The number of para-hydroxylation sites is 1. The molecule has 0 aliphatic rings. The number of thiophene rings is 1. The summed E-state index contributed by atoms with van der Waals surface area (Å²) in [4.78, 5) is 3.62. The fourth-order valence-corrected chi connectivity index (χ4v) is 6.02. The molecule has 2 heterocycles. The van der Waals surface area contributed by atoms with E-state index in [0.29, 0.717) is 0 Å². The van der Waals surface area contributed by atoms with Crippen LogP contribution in [0.5, 0.6) is 0 Å². The number of nitrogens with one attached hydrogen (secondary N) is 1. The van der Waals surface area contributed by atoms with Gasteiger partial charge in [-0.15, -0.1) is 11.3 Å². The van der Waals surface area contributed by atoms with Crippen LogP contribution in [0.2, 0.25) is 0 Å². The molecule has 0 amide bonds. The van der Waals surface area contributed by atoms with Crippen LogP contribution in [-0.4, -0.2) is 4.98 Å². The van der Waals surface area contributed by atoms with Gasteiger partial charge in [0.2, 0.25) is 0 Å². The Hall–Kier alpha value is -3.62. The summed E-state index contributed by atoms with van der Waals surface area (Å²) in [6, 6.07) is 35.3. The zero-order valence-corrected chi connectivity index (χ0v) is 17.0. The van der Waals surface area contributed by atoms with Gasteiger partial charge in [0.1, 0.15) is 0 Å². The molecule has 0 radical (unpaired) electrons. The predicted octanol–water partition coefficient (Wildman–Crippen LogP) is 8.51. The topological polar surface area (TPSA) is 15.8 Å². The van der Waals surface area contributed by atoms with Gasteiger partial charge in [-0.1, -0.05) is 72.8 Å². The molecule has 0 fully saturated rings. The molecule has 140 valence electrons. The number of fused-ring (bicyclic) bond motifs is 7. The van der Waals surface area contributed by atoms with Crippen molar-refractivity contribution < 1.29 is 0 Å². The molecule has 1 nitrogen and oxygen atoms in total. The van der Waals surface area contributed by atoms with E-state index in [0.717, 1.165) is 0 Å². The van der Waals surface area contributed by atoms with Crippen molar-refractivity contribution in [2.75, 3.05) is 0 Å². The number of hydrogen-bond donors (Lipinski definition) is 1. The molecule has 0 saturated carbocycles. The maximum atomic E-state index is 3.62. The Morgan fingerprint density at radius 2 is 1.27 bits per heavy atom. The molecule has 2 heteroatoms. The average Bonchev–Trinajstić information content (AvgIpc) is 3.34. The highest BCUT2D eigenvalue weighted by atomic mass is 32.1. The molecule has 0 spiro atoms. The van der Waals surface area contributed by atoms with Crippen molar-refractivity contribution in [3.05, 3.63) is 97.1 Å². The van der Waals surface area contributed by atoms with Crippen LogP contribution >= 0.6 is 11.3 Å². The van der Waals surface area contributed by atoms with E-state index in [1.807, 2.05) is 11.3 Å². The molecule has 0 bridgehead atoms. The lowest BCUT2D eigenvalue weighted by atomic mass is 9.93. The van der Waals surface area contributed by atoms with Gasteiger partial charge in [-0.25, -0.2) is 0 Å². The lowest BCUT2D eigenvalue weighted by molar-refractivity contribution is 1.55. The first kappa shape index (κ1) is 16.2. The predicted molar refractivity (Wildman–Crippen MR) is 132 cm³/mol. The molecule has 2 aromatic heterocycles. The van der Waals surface area contributed by atoms with E-state index < -0.39 is 0 Å². The van der Waals surface area contributed by atoms with Crippen LogP contribution in [0.25, 0.3) is 63.9 Å². The van der Waals surface area contributed by atoms with Crippen molar-refractivity contribution in [2.45, 2.75) is 0 Å². The first-order chi connectivity index (χ1) is 14.9. The Morgan fingerprint density at radius 3 is 2.20 bits per heavy atom. The molecular formula is C28H17NS. The number of benzene rings is 5. The van der Waals surface area contributed by atoms with Crippen molar-refractivity contribution in [3.63, 3.8) is 0 Å². The molecular weight excluding hydrogens is 382 g/mol. The summed E-state index contributed by atoms with van der Waals surface area (Å²) >= 11 is 1.88. The minimum Gasteiger partial charge on any atom is -0.354 e. The second-order valence-electron chi connectivity index (χ2n) is 7.88. The Bertz CT molecular complexity index is 1750. The maximum Gasteiger partial charge on any atom is 0.0471 e. The van der Waals surface area contributed by atoms with Gasteiger partial charge in [-0.05, 0) is 46.2 Å². The van der Waals surface area contributed by atoms with Crippen LogP contribution in [0.1, 0.15) is 0 Å². The van der Waals surface area contributed by atoms with Crippen LogP contribution in [-0.2, 0) is 0 Å². The van der Waals surface area contributed by atoms with E-state index in [-0.39, 0.29) is 0 Å². The quantitative estimate of drug-likeness (QED) is 0.285. The Labute approximate surface area is 177 Å². The van der Waals surface area contributed by atoms with Gasteiger partial charge in [0.25, 0.3) is 0 Å². The summed E-state index contributed by atoms with van der Waals surface area (Å²) in [5.41, 5.74) is 4.98. The maximum absolute atomic E-state index is 3.62. The molecule has 0 aliphatic carbocycles. The van der Waals surface area contributed by atoms with Crippen molar-refractivity contribution in [3.8, 4) is 11.1 Å². The molecule has 30 heavy (non-hydrogen) atoms. The van der Waals surface area contributed by atoms with Gasteiger partial charge < -0.3 is 4.98 Å². The van der Waals surface area contributed by atoms with Crippen LogP contribution in [0.15, 0.2) is 97.1 Å². The average molecular weight is 400 g/mol. The van der Waals surface area contributed by atoms with Crippen molar-refractivity contribution >= 4 is 64.1 Å². The fourth-order valence-electron chi connectivity index (χ4n) is 4.86. The number of rotatable bonds is 1. The lowest BCUT2D eigenvalue weighted by Crippen LogP contribution is -1.84. The van der Waals surface area contributed by atoms with Gasteiger partial charge in [0.15, 0.2) is 0 Å².